The molecular weight excluding hydrogens is 445 g/mol. The van der Waals surface area contributed by atoms with Gasteiger partial charge < -0.3 is 19.9 Å². The van der Waals surface area contributed by atoms with Crippen LogP contribution >= 0.6 is 11.6 Å². The summed E-state index contributed by atoms with van der Waals surface area (Å²) in [6.07, 6.45) is 1.72. The number of hydrogen-bond donors (Lipinski definition) is 1. The Morgan fingerprint density at radius 3 is 2.58 bits per heavy atom. The normalized spacial score (nSPS) is 11.4. The van der Waals surface area contributed by atoms with Crippen molar-refractivity contribution in [2.45, 2.75) is 6.54 Å². The third kappa shape index (κ3) is 4.84. The van der Waals surface area contributed by atoms with Crippen LogP contribution < -0.4 is 10.5 Å². The molecule has 0 saturated carbocycles. The van der Waals surface area contributed by atoms with E-state index >= 15 is 0 Å². The summed E-state index contributed by atoms with van der Waals surface area (Å²) in [5, 5.41) is 2.71. The Labute approximate surface area is 195 Å². The van der Waals surface area contributed by atoms with Gasteiger partial charge in [-0.1, -0.05) is 17.7 Å². The lowest BCUT2D eigenvalue weighted by molar-refractivity contribution is 0.0913. The minimum Gasteiger partial charge on any atom is -0.485 e. The Kier molecular flexibility index (Phi) is 6.35. The molecule has 4 aromatic rings. The van der Waals surface area contributed by atoms with E-state index in [0.717, 1.165) is 17.3 Å². The minimum atomic E-state index is -0.671. The van der Waals surface area contributed by atoms with Crippen molar-refractivity contribution in [1.82, 2.24) is 9.47 Å². The summed E-state index contributed by atoms with van der Waals surface area (Å²) in [7, 11) is 3.89. The molecule has 0 spiro atoms. The number of nitrogens with two attached hydrogens (primary N) is 1. The number of fused-ring (bicyclic) bond motifs is 2. The number of ether oxygens (including phenoxy) is 1. The number of aromatic nitrogens is 1. The average molecular weight is 468 g/mol. The molecule has 1 amide bonds. The van der Waals surface area contributed by atoms with E-state index in [-0.39, 0.29) is 29.5 Å². The van der Waals surface area contributed by atoms with Crippen molar-refractivity contribution in [1.29, 1.82) is 0 Å². The summed E-state index contributed by atoms with van der Waals surface area (Å²) in [6.45, 7) is 1.02. The van der Waals surface area contributed by atoms with Crippen molar-refractivity contribution in [2.24, 2.45) is 5.73 Å². The Morgan fingerprint density at radius 2 is 1.85 bits per heavy atom. The molecule has 4 rings (SSSR count). The highest BCUT2D eigenvalue weighted by Gasteiger charge is 2.18. The van der Waals surface area contributed by atoms with E-state index in [2.05, 4.69) is 0 Å². The van der Waals surface area contributed by atoms with Gasteiger partial charge in [0.05, 0.1) is 11.1 Å². The van der Waals surface area contributed by atoms with Crippen LogP contribution in [0.4, 0.5) is 4.39 Å². The Bertz CT molecular complexity index is 1380. The van der Waals surface area contributed by atoms with Gasteiger partial charge >= 0.3 is 0 Å². The predicted molar refractivity (Wildman–Crippen MR) is 128 cm³/mol. The smallest absolute Gasteiger partial charge is 0.252 e. The van der Waals surface area contributed by atoms with Gasteiger partial charge in [-0.2, -0.15) is 0 Å². The fourth-order valence-electron chi connectivity index (χ4n) is 3.76. The van der Waals surface area contributed by atoms with Gasteiger partial charge in [0, 0.05) is 35.3 Å². The van der Waals surface area contributed by atoms with Crippen molar-refractivity contribution in [3.8, 4) is 5.75 Å². The molecule has 6 nitrogen and oxygen atoms in total. The second-order valence-electron chi connectivity index (χ2n) is 8.12. The quantitative estimate of drug-likeness (QED) is 0.387. The first kappa shape index (κ1) is 22.8. The Balaban J connectivity index is 1.64. The Morgan fingerprint density at radius 1 is 1.06 bits per heavy atom. The molecule has 1 heterocycles. The average Bonchev–Trinajstić information content (AvgIpc) is 3.13. The van der Waals surface area contributed by atoms with Gasteiger partial charge in [0.25, 0.3) is 5.91 Å². The molecule has 2 N–H and O–H groups in total. The molecule has 1 aromatic heterocycles. The van der Waals surface area contributed by atoms with Crippen LogP contribution in [0.1, 0.15) is 20.7 Å². The molecule has 3 aromatic carbocycles. The standard InChI is InChI=1S/C25H23ClFN3O3/c1-29(2)7-8-30-13-21(19-6-5-18(27)12-22(19)30)23(31)14-33-24-11-15-3-4-17(26)9-16(15)10-20(24)25(28)32/h3-6,9-13H,7-8,14H2,1-2H3,(H2,28,32). The number of Topliss-reactive ketones (excluding diaryl/α,β-unsaturated/α-hetero) is 1. The molecule has 0 radical (unpaired) electrons. The summed E-state index contributed by atoms with van der Waals surface area (Å²) in [5.41, 5.74) is 6.76. The van der Waals surface area contributed by atoms with Crippen LogP contribution in [0.5, 0.6) is 5.75 Å². The van der Waals surface area contributed by atoms with Gasteiger partial charge in [0.15, 0.2) is 6.61 Å². The third-order valence-electron chi connectivity index (χ3n) is 5.46. The van der Waals surface area contributed by atoms with Gasteiger partial charge in [0.1, 0.15) is 11.6 Å². The number of hydrogen-bond acceptors (Lipinski definition) is 4. The van der Waals surface area contributed by atoms with Crippen molar-refractivity contribution < 1.29 is 18.7 Å². The molecule has 33 heavy (non-hydrogen) atoms. The van der Waals surface area contributed by atoms with E-state index in [9.17, 15) is 14.0 Å². The maximum Gasteiger partial charge on any atom is 0.252 e. The number of carbonyl (C=O) groups excluding carboxylic acids is 2. The molecule has 0 atom stereocenters. The Hall–Kier alpha value is -3.42. The lowest BCUT2D eigenvalue weighted by Gasteiger charge is -2.11. The molecule has 0 unspecified atom stereocenters. The van der Waals surface area contributed by atoms with E-state index in [0.29, 0.717) is 28.0 Å². The zero-order chi connectivity index (χ0) is 23.7. The van der Waals surface area contributed by atoms with Crippen LogP contribution in [0.15, 0.2) is 54.7 Å². The number of rotatable bonds is 8. The van der Waals surface area contributed by atoms with Gasteiger partial charge in [0.2, 0.25) is 5.78 Å². The number of benzene rings is 3. The van der Waals surface area contributed by atoms with Crippen molar-refractivity contribution in [3.05, 3.63) is 76.7 Å². The highest BCUT2D eigenvalue weighted by Crippen LogP contribution is 2.29. The summed E-state index contributed by atoms with van der Waals surface area (Å²) < 4.78 is 21.5. The van der Waals surface area contributed by atoms with E-state index in [4.69, 9.17) is 22.1 Å². The second kappa shape index (κ2) is 9.21. The van der Waals surface area contributed by atoms with Gasteiger partial charge in [-0.05, 0) is 67.3 Å². The second-order valence-corrected chi connectivity index (χ2v) is 8.55. The van der Waals surface area contributed by atoms with Crippen molar-refractivity contribution in [3.63, 3.8) is 0 Å². The maximum atomic E-state index is 13.9. The number of ketones is 1. The highest BCUT2D eigenvalue weighted by molar-refractivity contribution is 6.31. The lowest BCUT2D eigenvalue weighted by atomic mass is 10.1. The van der Waals surface area contributed by atoms with Gasteiger partial charge in [-0.3, -0.25) is 9.59 Å². The van der Waals surface area contributed by atoms with Crippen LogP contribution in [0.2, 0.25) is 5.02 Å². The number of primary amides is 1. The molecule has 170 valence electrons. The van der Waals surface area contributed by atoms with Crippen molar-refractivity contribution >= 4 is 45.0 Å². The molecule has 0 bridgehead atoms. The zero-order valence-corrected chi connectivity index (χ0v) is 19.0. The van der Waals surface area contributed by atoms with Gasteiger partial charge in [-0.25, -0.2) is 4.39 Å². The molecule has 8 heteroatoms. The molecule has 0 aliphatic rings. The number of likely N-dealkylation sites (N-methyl/N-ethyl adjacent to an activating group) is 1. The first-order chi connectivity index (χ1) is 15.7. The van der Waals surface area contributed by atoms with Crippen molar-refractivity contribution in [2.75, 3.05) is 27.2 Å². The van der Waals surface area contributed by atoms with Gasteiger partial charge in [-0.15, -0.1) is 0 Å². The van der Waals surface area contributed by atoms with E-state index in [1.54, 1.807) is 42.6 Å². The van der Waals surface area contributed by atoms with E-state index < -0.39 is 5.91 Å². The SMILES string of the molecule is CN(C)CCn1cc(C(=O)COc2cc3ccc(Cl)cc3cc2C(N)=O)c2ccc(F)cc21. The lowest BCUT2D eigenvalue weighted by Crippen LogP contribution is -2.18. The minimum absolute atomic E-state index is 0.160. The number of carbonyl (C=O) groups is 2. The van der Waals surface area contributed by atoms with E-state index in [1.165, 1.54) is 12.1 Å². The highest BCUT2D eigenvalue weighted by atomic mass is 35.5. The van der Waals surface area contributed by atoms with Crippen LogP contribution in [0.25, 0.3) is 21.7 Å². The fraction of sp³-hybridized carbons (Fsp3) is 0.200. The largest absolute Gasteiger partial charge is 0.485 e. The fourth-order valence-corrected chi connectivity index (χ4v) is 3.94. The molecular formula is C25H23ClFN3O3. The van der Waals surface area contributed by atoms with Crippen LogP contribution in [0.3, 0.4) is 0 Å². The summed E-state index contributed by atoms with van der Waals surface area (Å²) >= 11 is 6.04. The summed E-state index contributed by atoms with van der Waals surface area (Å²) in [5.74, 6) is -1.12. The summed E-state index contributed by atoms with van der Waals surface area (Å²) in [6, 6.07) is 12.8. The van der Waals surface area contributed by atoms with Crippen LogP contribution in [-0.4, -0.2) is 48.4 Å². The summed E-state index contributed by atoms with van der Waals surface area (Å²) in [4.78, 5) is 27.1. The first-order valence-corrected chi connectivity index (χ1v) is 10.7. The molecule has 0 fully saturated rings. The van der Waals surface area contributed by atoms with Crippen LogP contribution in [0, 0.1) is 5.82 Å². The molecule has 0 aliphatic carbocycles. The topological polar surface area (TPSA) is 77.6 Å². The predicted octanol–water partition coefficient (Wildman–Crippen LogP) is 4.51. The first-order valence-electron chi connectivity index (χ1n) is 10.3. The number of amides is 1. The maximum absolute atomic E-state index is 13.9. The molecule has 0 saturated heterocycles. The molecule has 0 aliphatic heterocycles. The zero-order valence-electron chi connectivity index (χ0n) is 18.3. The van der Waals surface area contributed by atoms with E-state index in [1.807, 2.05) is 23.6 Å². The monoisotopic (exact) mass is 467 g/mol. The number of nitrogens with zero attached hydrogens (tertiary/aromatic N) is 2. The van der Waals surface area contributed by atoms with Crippen LogP contribution in [-0.2, 0) is 6.54 Å². The number of halogens is 2. The third-order valence-corrected chi connectivity index (χ3v) is 5.69.